The van der Waals surface area contributed by atoms with Crippen molar-refractivity contribution in [2.75, 3.05) is 26.2 Å². The summed E-state index contributed by atoms with van der Waals surface area (Å²) in [5, 5.41) is 18.5. The Hall–Kier alpha value is -1.89. The Morgan fingerprint density at radius 3 is 1.85 bits per heavy atom. The molecule has 0 bridgehead atoms. The molecule has 1 amide bonds. The second kappa shape index (κ2) is 15.9. The minimum atomic E-state index is -1.40. The van der Waals surface area contributed by atoms with Gasteiger partial charge >= 0.3 is 11.9 Å². The highest BCUT2D eigenvalue weighted by Crippen LogP contribution is 2.36. The Kier molecular flexibility index (Phi) is 14.1. The van der Waals surface area contributed by atoms with Gasteiger partial charge in [-0.25, -0.2) is 9.59 Å². The van der Waals surface area contributed by atoms with Crippen LogP contribution < -0.4 is 0 Å². The van der Waals surface area contributed by atoms with E-state index in [1.54, 1.807) is 0 Å². The van der Waals surface area contributed by atoms with Crippen molar-refractivity contribution in [3.8, 4) is 0 Å². The Morgan fingerprint density at radius 2 is 1.41 bits per heavy atom. The molecular weight excluding hydrogens is 432 g/mol. The maximum atomic E-state index is 12.2. The van der Waals surface area contributed by atoms with Crippen molar-refractivity contribution in [1.82, 2.24) is 9.80 Å². The smallest absolute Gasteiger partial charge is 0.352 e. The van der Waals surface area contributed by atoms with Gasteiger partial charge in [0.1, 0.15) is 5.70 Å². The van der Waals surface area contributed by atoms with E-state index in [0.29, 0.717) is 12.0 Å². The number of rotatable bonds is 17. The first-order valence-electron chi connectivity index (χ1n) is 13.3. The van der Waals surface area contributed by atoms with Crippen molar-refractivity contribution in [1.29, 1.82) is 0 Å². The third-order valence-electron chi connectivity index (χ3n) is 7.24. The zero-order valence-electron chi connectivity index (χ0n) is 22.0. The van der Waals surface area contributed by atoms with Gasteiger partial charge in [-0.05, 0) is 50.2 Å². The zero-order chi connectivity index (χ0) is 25.6. The summed E-state index contributed by atoms with van der Waals surface area (Å²) in [4.78, 5) is 38.5. The number of hydrogen-bond acceptors (Lipinski definition) is 4. The fraction of sp³-hybridized carbons (Fsp3) is 0.815. The van der Waals surface area contributed by atoms with Crippen LogP contribution in [0.3, 0.4) is 0 Å². The van der Waals surface area contributed by atoms with Gasteiger partial charge < -0.3 is 20.0 Å². The van der Waals surface area contributed by atoms with E-state index in [-0.39, 0.29) is 12.0 Å². The van der Waals surface area contributed by atoms with Crippen molar-refractivity contribution in [2.24, 2.45) is 11.3 Å². The van der Waals surface area contributed by atoms with E-state index in [4.69, 9.17) is 5.11 Å². The average molecular weight is 481 g/mol. The third kappa shape index (κ3) is 11.5. The summed E-state index contributed by atoms with van der Waals surface area (Å²) in [6, 6.07) is 0. The molecule has 0 aliphatic carbocycles. The van der Waals surface area contributed by atoms with Crippen LogP contribution in [0.4, 0.5) is 0 Å². The van der Waals surface area contributed by atoms with Gasteiger partial charge in [0.25, 0.3) is 0 Å². The summed E-state index contributed by atoms with van der Waals surface area (Å²) in [6.07, 6.45) is 16.0. The molecule has 1 aliphatic heterocycles. The quantitative estimate of drug-likeness (QED) is 0.209. The molecule has 1 fully saturated rings. The number of hydrogen-bond donors (Lipinski definition) is 2. The van der Waals surface area contributed by atoms with Crippen LogP contribution in [0.2, 0.25) is 0 Å². The van der Waals surface area contributed by atoms with Crippen LogP contribution in [0, 0.1) is 11.3 Å². The Bertz CT molecular complexity index is 666. The van der Waals surface area contributed by atoms with Crippen molar-refractivity contribution in [3.63, 3.8) is 0 Å². The van der Waals surface area contributed by atoms with Crippen LogP contribution in [0.15, 0.2) is 11.8 Å². The Morgan fingerprint density at radius 1 is 0.912 bits per heavy atom. The number of aliphatic carboxylic acids is 2. The molecule has 1 rings (SSSR count). The number of amides is 1. The molecule has 7 nitrogen and oxygen atoms in total. The predicted molar refractivity (Wildman–Crippen MR) is 136 cm³/mol. The van der Waals surface area contributed by atoms with Gasteiger partial charge in [-0.15, -0.1) is 0 Å². The monoisotopic (exact) mass is 480 g/mol. The van der Waals surface area contributed by atoms with Crippen LogP contribution in [0.25, 0.3) is 0 Å². The molecule has 1 heterocycles. The summed E-state index contributed by atoms with van der Waals surface area (Å²) in [7, 11) is 0. The molecule has 34 heavy (non-hydrogen) atoms. The number of likely N-dealkylation sites (tertiary alicyclic amines) is 1. The van der Waals surface area contributed by atoms with E-state index in [1.807, 2.05) is 13.8 Å². The summed E-state index contributed by atoms with van der Waals surface area (Å²) in [6.45, 7) is 11.0. The number of piperidine rings is 1. The maximum Gasteiger partial charge on any atom is 0.352 e. The number of nitrogens with zero attached hydrogens (tertiary/aromatic N) is 2. The van der Waals surface area contributed by atoms with Crippen LogP contribution in [-0.2, 0) is 14.4 Å². The first-order valence-corrected chi connectivity index (χ1v) is 13.3. The normalized spacial score (nSPS) is 15.9. The Labute approximate surface area is 206 Å². The topological polar surface area (TPSA) is 98.2 Å². The molecule has 0 aromatic rings. The summed E-state index contributed by atoms with van der Waals surface area (Å²) in [5.74, 6) is -2.89. The highest BCUT2D eigenvalue weighted by Gasteiger charge is 2.36. The van der Waals surface area contributed by atoms with Crippen molar-refractivity contribution in [2.45, 2.75) is 105 Å². The molecule has 7 heteroatoms. The van der Waals surface area contributed by atoms with Gasteiger partial charge in [0.2, 0.25) is 5.91 Å². The fourth-order valence-corrected chi connectivity index (χ4v) is 5.04. The standard InChI is InChI=1S/C27H48N2O5/c1-5-6-7-8-9-10-11-12-13-14-17-28-18-15-23(16-19-28)27(3,4)21-29(22(2)30)24(26(33)34)20-25(31)32/h20,23H,5-19,21H2,1-4H3,(H,31,32)(H,33,34). The Balaban J connectivity index is 2.41. The van der Waals surface area contributed by atoms with E-state index >= 15 is 0 Å². The van der Waals surface area contributed by atoms with Crippen LogP contribution in [-0.4, -0.2) is 64.0 Å². The number of carbonyl (C=O) groups is 3. The van der Waals surface area contributed by atoms with E-state index in [1.165, 1.54) is 71.1 Å². The first kappa shape index (κ1) is 30.1. The SMILES string of the molecule is CCCCCCCCCCCCN1CCC(C(C)(C)CN(C(C)=O)C(=CC(=O)O)C(=O)O)CC1. The fourth-order valence-electron chi connectivity index (χ4n) is 5.04. The average Bonchev–Trinajstić information content (AvgIpc) is 2.77. The van der Waals surface area contributed by atoms with Crippen LogP contribution in [0.5, 0.6) is 0 Å². The lowest BCUT2D eigenvalue weighted by molar-refractivity contribution is -0.141. The highest BCUT2D eigenvalue weighted by atomic mass is 16.4. The highest BCUT2D eigenvalue weighted by molar-refractivity contribution is 5.97. The molecule has 0 spiro atoms. The molecule has 196 valence electrons. The molecule has 1 saturated heterocycles. The summed E-state index contributed by atoms with van der Waals surface area (Å²) >= 11 is 0. The van der Waals surface area contributed by atoms with E-state index in [9.17, 15) is 19.5 Å². The lowest BCUT2D eigenvalue weighted by Gasteiger charge is -2.43. The molecule has 0 unspecified atom stereocenters. The second-order valence-electron chi connectivity index (χ2n) is 10.6. The predicted octanol–water partition coefficient (Wildman–Crippen LogP) is 5.55. The summed E-state index contributed by atoms with van der Waals surface area (Å²) in [5.41, 5.74) is -0.798. The van der Waals surface area contributed by atoms with E-state index in [2.05, 4.69) is 11.8 Å². The maximum absolute atomic E-state index is 12.2. The van der Waals surface area contributed by atoms with Crippen molar-refractivity contribution in [3.05, 3.63) is 11.8 Å². The zero-order valence-corrected chi connectivity index (χ0v) is 22.0. The molecule has 0 saturated carbocycles. The van der Waals surface area contributed by atoms with E-state index < -0.39 is 23.5 Å². The largest absolute Gasteiger partial charge is 0.478 e. The molecule has 1 aliphatic rings. The minimum absolute atomic E-state index is 0.191. The van der Waals surface area contributed by atoms with Crippen LogP contribution >= 0.6 is 0 Å². The van der Waals surface area contributed by atoms with Gasteiger partial charge in [0.15, 0.2) is 0 Å². The van der Waals surface area contributed by atoms with Crippen molar-refractivity contribution < 1.29 is 24.6 Å². The van der Waals surface area contributed by atoms with Gasteiger partial charge in [-0.1, -0.05) is 78.6 Å². The minimum Gasteiger partial charge on any atom is -0.478 e. The number of unbranched alkanes of at least 4 members (excludes halogenated alkanes) is 9. The number of carboxylic acid groups (broad SMARTS) is 2. The molecule has 2 N–H and O–H groups in total. The first-order chi connectivity index (χ1) is 16.1. The summed E-state index contributed by atoms with van der Waals surface area (Å²) < 4.78 is 0. The molecule has 0 aromatic heterocycles. The number of carboxylic acids is 2. The van der Waals surface area contributed by atoms with Gasteiger partial charge in [0, 0.05) is 13.5 Å². The van der Waals surface area contributed by atoms with Gasteiger partial charge in [0.05, 0.1) is 6.08 Å². The van der Waals surface area contributed by atoms with Crippen LogP contribution in [0.1, 0.15) is 105 Å². The lowest BCUT2D eigenvalue weighted by atomic mass is 9.73. The lowest BCUT2D eigenvalue weighted by Crippen LogP contribution is -2.46. The molecular formula is C27H48N2O5. The molecule has 0 atom stereocenters. The second-order valence-corrected chi connectivity index (χ2v) is 10.6. The van der Waals surface area contributed by atoms with Crippen molar-refractivity contribution >= 4 is 17.8 Å². The van der Waals surface area contributed by atoms with Gasteiger partial charge in [-0.3, -0.25) is 4.79 Å². The molecule has 0 aromatic carbocycles. The van der Waals surface area contributed by atoms with Gasteiger partial charge in [-0.2, -0.15) is 0 Å². The van der Waals surface area contributed by atoms with E-state index in [0.717, 1.165) is 37.4 Å². The molecule has 0 radical (unpaired) electrons. The third-order valence-corrected chi connectivity index (χ3v) is 7.24. The number of carbonyl (C=O) groups excluding carboxylic acids is 1.